The van der Waals surface area contributed by atoms with Crippen molar-refractivity contribution in [1.82, 2.24) is 20.0 Å². The zero-order chi connectivity index (χ0) is 42.4. The van der Waals surface area contributed by atoms with Crippen molar-refractivity contribution < 1.29 is 41.8 Å². The number of carbonyl (C=O) groups is 3. The van der Waals surface area contributed by atoms with E-state index < -0.39 is 20.5 Å². The van der Waals surface area contributed by atoms with Crippen molar-refractivity contribution in [3.8, 4) is 22.5 Å². The first-order valence-electron chi connectivity index (χ1n) is 16.5. The fourth-order valence-corrected chi connectivity index (χ4v) is 6.07. The molecular formula is C37H47Cl4F3N4O6Si. The molecule has 0 aliphatic carbocycles. The third-order valence-corrected chi connectivity index (χ3v) is 10.3. The number of halogens is 7. The SMILES string of the molecule is COC(=O)c1cc(-c2c(C)c(Cl)nn2COCC[Si](C)(C)C)c(C)cc1C.COC(=O)c1cc(-c2n[nH]c(Cl)c2C)c(C)cc1C.ClCCl.O=CC(F)(F)F. The molecule has 4 aromatic rings. The van der Waals surface area contributed by atoms with Gasteiger partial charge in [-0.1, -0.05) is 55.0 Å². The Hall–Kier alpha value is -3.40. The molecule has 10 nitrogen and oxygen atoms in total. The van der Waals surface area contributed by atoms with Gasteiger partial charge in [-0.15, -0.1) is 23.2 Å². The maximum atomic E-state index is 12.1. The summed E-state index contributed by atoms with van der Waals surface area (Å²) in [7, 11) is 1.61. The van der Waals surface area contributed by atoms with Gasteiger partial charge in [0.2, 0.25) is 6.29 Å². The summed E-state index contributed by atoms with van der Waals surface area (Å²) in [5.74, 6) is -0.701. The number of nitrogens with zero attached hydrogens (tertiary/aromatic N) is 3. The number of nitrogens with one attached hydrogen (secondary N) is 1. The van der Waals surface area contributed by atoms with Gasteiger partial charge in [-0.2, -0.15) is 23.4 Å². The van der Waals surface area contributed by atoms with Crippen LogP contribution in [0.15, 0.2) is 24.3 Å². The van der Waals surface area contributed by atoms with Gasteiger partial charge in [-0.3, -0.25) is 9.89 Å². The first kappa shape index (κ1) is 49.6. The molecule has 0 fully saturated rings. The summed E-state index contributed by atoms with van der Waals surface area (Å²) in [6, 6.07) is 8.68. The van der Waals surface area contributed by atoms with Gasteiger partial charge in [-0.25, -0.2) is 14.3 Å². The molecule has 0 unspecified atom stereocenters. The van der Waals surface area contributed by atoms with Gasteiger partial charge in [0, 0.05) is 36.9 Å². The second-order valence-corrected chi connectivity index (χ2v) is 20.5. The van der Waals surface area contributed by atoms with Gasteiger partial charge in [0.15, 0.2) is 5.15 Å². The maximum Gasteiger partial charge on any atom is 0.446 e. The van der Waals surface area contributed by atoms with Crippen molar-refractivity contribution >= 4 is 72.7 Å². The highest BCUT2D eigenvalue weighted by molar-refractivity contribution is 6.76. The zero-order valence-electron chi connectivity index (χ0n) is 32.7. The Balaban J connectivity index is 0.000000466. The fraction of sp³-hybridized carbons (Fsp3) is 0.432. The Morgan fingerprint density at radius 2 is 1.29 bits per heavy atom. The zero-order valence-corrected chi connectivity index (χ0v) is 36.7. The molecule has 0 spiro atoms. The molecular weight excluding hydrogens is 823 g/mol. The third kappa shape index (κ3) is 15.2. The van der Waals surface area contributed by atoms with Crippen LogP contribution in [0, 0.1) is 41.5 Å². The van der Waals surface area contributed by atoms with Gasteiger partial charge in [0.1, 0.15) is 11.9 Å². The van der Waals surface area contributed by atoms with Crippen LogP contribution in [-0.2, 0) is 25.7 Å². The van der Waals surface area contributed by atoms with Crippen molar-refractivity contribution in [2.45, 2.75) is 80.1 Å². The predicted molar refractivity (Wildman–Crippen MR) is 216 cm³/mol. The second-order valence-electron chi connectivity index (χ2n) is 13.3. The minimum absolute atomic E-state index is 0.194. The van der Waals surface area contributed by atoms with Crippen LogP contribution in [0.3, 0.4) is 0 Å². The molecule has 0 aliphatic rings. The molecule has 4 rings (SSSR count). The molecule has 55 heavy (non-hydrogen) atoms. The molecule has 18 heteroatoms. The molecule has 0 bridgehead atoms. The number of aldehydes is 1. The van der Waals surface area contributed by atoms with E-state index in [9.17, 15) is 22.8 Å². The lowest BCUT2D eigenvalue weighted by Gasteiger charge is -2.17. The van der Waals surface area contributed by atoms with Gasteiger partial charge in [0.05, 0.1) is 42.1 Å². The fourth-order valence-electron chi connectivity index (χ4n) is 5.00. The smallest absolute Gasteiger partial charge is 0.446 e. The number of benzene rings is 2. The molecule has 0 saturated carbocycles. The van der Waals surface area contributed by atoms with Crippen LogP contribution < -0.4 is 0 Å². The Bertz CT molecular complexity index is 1930. The number of aromatic amines is 1. The molecule has 0 amide bonds. The summed E-state index contributed by atoms with van der Waals surface area (Å²) in [6.45, 7) is 19.6. The number of ether oxygens (including phenoxy) is 3. The van der Waals surface area contributed by atoms with Crippen LogP contribution in [0.25, 0.3) is 22.5 Å². The Kier molecular flexibility index (Phi) is 20.2. The minimum atomic E-state index is -4.64. The van der Waals surface area contributed by atoms with E-state index >= 15 is 0 Å². The molecule has 2 heterocycles. The highest BCUT2D eigenvalue weighted by atomic mass is 35.5. The third-order valence-electron chi connectivity index (χ3n) is 7.89. The second kappa shape index (κ2) is 22.4. The van der Waals surface area contributed by atoms with Crippen molar-refractivity contribution in [3.63, 3.8) is 0 Å². The first-order chi connectivity index (χ1) is 25.5. The summed E-state index contributed by atoms with van der Waals surface area (Å²) in [5.41, 5.74) is 10.1. The molecule has 0 atom stereocenters. The van der Waals surface area contributed by atoms with E-state index in [-0.39, 0.29) is 17.3 Å². The average Bonchev–Trinajstić information content (AvgIpc) is 3.58. The largest absolute Gasteiger partial charge is 0.465 e. The van der Waals surface area contributed by atoms with Crippen molar-refractivity contribution in [1.29, 1.82) is 0 Å². The van der Waals surface area contributed by atoms with Crippen molar-refractivity contribution in [3.05, 3.63) is 79.1 Å². The lowest BCUT2D eigenvalue weighted by atomic mass is 9.96. The van der Waals surface area contributed by atoms with E-state index in [2.05, 4.69) is 34.9 Å². The molecule has 2 aromatic heterocycles. The van der Waals surface area contributed by atoms with Crippen LogP contribution in [0.1, 0.15) is 54.1 Å². The Morgan fingerprint density at radius 3 is 1.69 bits per heavy atom. The average molecular weight is 871 g/mol. The van der Waals surface area contributed by atoms with E-state index in [4.69, 9.17) is 65.4 Å². The molecule has 2 aromatic carbocycles. The number of carbonyl (C=O) groups excluding carboxylic acids is 3. The topological polar surface area (TPSA) is 125 Å². The summed E-state index contributed by atoms with van der Waals surface area (Å²) in [6.07, 6.45) is -5.70. The summed E-state index contributed by atoms with van der Waals surface area (Å²) >= 11 is 21.8. The van der Waals surface area contributed by atoms with Crippen molar-refractivity contribution in [2.75, 3.05) is 26.2 Å². The lowest BCUT2D eigenvalue weighted by molar-refractivity contribution is -0.156. The number of esters is 2. The standard InChI is InChI=1S/C20H29ClN2O3Si.C14H15ClN2O2.C2HF3O.CH2Cl2/c1-13-10-14(2)17(20(24)25-4)11-16(13)18-15(3)19(21)22-23(18)12-26-8-9-27(5,6)7;1-7-5-8(2)11(14(18)19-4)6-10(7)12-9(3)13(15)17-16-12;3-2(4,5)1-6;2-1-3/h10-11H,8-9,12H2,1-7H3;5-6H,1-4H3,(H,16,17);1H;1H2. The normalized spacial score (nSPS) is 10.9. The van der Waals surface area contributed by atoms with Gasteiger partial charge in [0.25, 0.3) is 0 Å². The number of aryl methyl sites for hydroxylation is 4. The predicted octanol–water partition coefficient (Wildman–Crippen LogP) is 10.8. The minimum Gasteiger partial charge on any atom is -0.465 e. The number of rotatable bonds is 9. The maximum absolute atomic E-state index is 12.1. The van der Waals surface area contributed by atoms with Gasteiger partial charge < -0.3 is 14.2 Å². The monoisotopic (exact) mass is 868 g/mol. The number of hydrogen-bond acceptors (Lipinski definition) is 8. The van der Waals surface area contributed by atoms with E-state index in [0.717, 1.165) is 61.9 Å². The first-order valence-corrected chi connectivity index (χ1v) is 22.1. The van der Waals surface area contributed by atoms with E-state index in [0.29, 0.717) is 34.8 Å². The van der Waals surface area contributed by atoms with E-state index in [1.165, 1.54) is 14.2 Å². The summed E-state index contributed by atoms with van der Waals surface area (Å²) in [4.78, 5) is 32.6. The molecule has 1 N–H and O–H groups in total. The van der Waals surface area contributed by atoms with Gasteiger partial charge >= 0.3 is 18.1 Å². The Labute approximate surface area is 340 Å². The quantitative estimate of drug-likeness (QED) is 0.0579. The molecule has 0 radical (unpaired) electrons. The van der Waals surface area contributed by atoms with Crippen LogP contribution in [0.4, 0.5) is 13.2 Å². The van der Waals surface area contributed by atoms with Crippen LogP contribution >= 0.6 is 46.4 Å². The number of methoxy groups -OCH3 is 2. The van der Waals surface area contributed by atoms with E-state index in [1.807, 2.05) is 59.7 Å². The number of aromatic nitrogens is 4. The number of H-pyrrole nitrogens is 1. The van der Waals surface area contributed by atoms with Crippen LogP contribution in [0.5, 0.6) is 0 Å². The molecule has 0 saturated heterocycles. The molecule has 304 valence electrons. The van der Waals surface area contributed by atoms with E-state index in [1.54, 1.807) is 10.7 Å². The molecule has 0 aliphatic heterocycles. The lowest BCUT2D eigenvalue weighted by Crippen LogP contribution is -2.22. The summed E-state index contributed by atoms with van der Waals surface area (Å²) < 4.78 is 48.6. The van der Waals surface area contributed by atoms with Crippen LogP contribution in [-0.4, -0.2) is 78.6 Å². The van der Waals surface area contributed by atoms with Crippen LogP contribution in [0.2, 0.25) is 36.0 Å². The summed E-state index contributed by atoms with van der Waals surface area (Å²) in [5, 5.41) is 12.5. The number of hydrogen-bond donors (Lipinski definition) is 1. The highest BCUT2D eigenvalue weighted by Gasteiger charge is 2.25. The Morgan fingerprint density at radius 1 is 0.836 bits per heavy atom. The highest BCUT2D eigenvalue weighted by Crippen LogP contribution is 2.33. The van der Waals surface area contributed by atoms with Crippen molar-refractivity contribution in [2.24, 2.45) is 0 Å². The van der Waals surface area contributed by atoms with Gasteiger partial charge in [-0.05, 0) is 82.0 Å². The number of alkyl halides is 5.